The molecule has 1 heterocycles. The summed E-state index contributed by atoms with van der Waals surface area (Å²) in [5, 5.41) is 0. The fraction of sp³-hybridized carbons (Fsp3) is 0. The molecule has 4 nitrogen and oxygen atoms in total. The molecule has 0 spiro atoms. The molecule has 7 heteroatoms. The molecule has 0 saturated heterocycles. The Morgan fingerprint density at radius 3 is 2.79 bits per heavy atom. The predicted molar refractivity (Wildman–Crippen MR) is 54.4 cm³/mol. The molecule has 0 unspecified atom stereocenters. The van der Waals surface area contributed by atoms with Gasteiger partial charge in [-0.25, -0.2) is 8.42 Å². The first-order valence-electron chi connectivity index (χ1n) is 3.54. The molecule has 1 aromatic heterocycles. The molecule has 0 fully saturated rings. The summed E-state index contributed by atoms with van der Waals surface area (Å²) in [5.41, 5.74) is 1.01. The smallest absolute Gasteiger partial charge is 0.266 e. The molecular weight excluding hydrogens is 246 g/mol. The fourth-order valence-corrected chi connectivity index (χ4v) is 2.06. The lowest BCUT2D eigenvalue weighted by Crippen LogP contribution is -1.89. The highest BCUT2D eigenvalue weighted by atomic mass is 35.7. The molecule has 0 aliphatic carbocycles. The minimum absolute atomic E-state index is 0.0127. The van der Waals surface area contributed by atoms with Gasteiger partial charge in [0, 0.05) is 10.7 Å². The van der Waals surface area contributed by atoms with Crippen molar-refractivity contribution in [2.45, 2.75) is 4.90 Å². The van der Waals surface area contributed by atoms with Gasteiger partial charge in [0.1, 0.15) is 0 Å². The van der Waals surface area contributed by atoms with E-state index in [1.807, 2.05) is 0 Å². The van der Waals surface area contributed by atoms with Crippen molar-refractivity contribution < 1.29 is 12.8 Å². The van der Waals surface area contributed by atoms with Crippen LogP contribution in [0.1, 0.15) is 0 Å². The van der Waals surface area contributed by atoms with Gasteiger partial charge in [0.05, 0.1) is 10.4 Å². The monoisotopic (exact) mass is 249 g/mol. The van der Waals surface area contributed by atoms with Gasteiger partial charge in [0.2, 0.25) is 0 Å². The van der Waals surface area contributed by atoms with E-state index in [0.29, 0.717) is 11.1 Å². The molecule has 14 heavy (non-hydrogen) atoms. The number of aromatic nitrogens is 1. The molecule has 0 atom stereocenters. The van der Waals surface area contributed by atoms with Gasteiger partial charge in [-0.05, 0) is 30.4 Å². The van der Waals surface area contributed by atoms with Crippen LogP contribution in [0.2, 0.25) is 0 Å². The van der Waals surface area contributed by atoms with Crippen LogP contribution in [0.4, 0.5) is 0 Å². The summed E-state index contributed by atoms with van der Waals surface area (Å²) in [6, 6.07) is 4.23. The van der Waals surface area contributed by atoms with Crippen LogP contribution in [-0.4, -0.2) is 13.4 Å². The minimum Gasteiger partial charge on any atom is -0.429 e. The first-order chi connectivity index (χ1) is 6.47. The molecule has 0 amide bonds. The second-order valence-corrected chi connectivity index (χ2v) is 5.55. The van der Waals surface area contributed by atoms with E-state index < -0.39 is 9.05 Å². The number of hydrogen-bond acceptors (Lipinski definition) is 4. The van der Waals surface area contributed by atoms with Crippen LogP contribution in [0.5, 0.6) is 0 Å². The molecular formula is C7H4ClNO3S2. The lowest BCUT2D eigenvalue weighted by atomic mass is 10.3. The van der Waals surface area contributed by atoms with Crippen LogP contribution in [0.25, 0.3) is 11.1 Å². The summed E-state index contributed by atoms with van der Waals surface area (Å²) in [5.74, 6) is 0. The van der Waals surface area contributed by atoms with E-state index in [-0.39, 0.29) is 9.73 Å². The highest BCUT2D eigenvalue weighted by molar-refractivity contribution is 8.13. The summed E-state index contributed by atoms with van der Waals surface area (Å²) in [4.78, 5) is 2.91. The van der Waals surface area contributed by atoms with E-state index in [1.165, 1.54) is 18.2 Å². The highest BCUT2D eigenvalue weighted by Gasteiger charge is 2.11. The van der Waals surface area contributed by atoms with Crippen molar-refractivity contribution in [1.29, 1.82) is 0 Å². The fourth-order valence-electron chi connectivity index (χ4n) is 1.08. The third-order valence-electron chi connectivity index (χ3n) is 1.67. The van der Waals surface area contributed by atoms with Crippen molar-refractivity contribution in [2.75, 3.05) is 0 Å². The Hall–Kier alpha value is -0.850. The van der Waals surface area contributed by atoms with Crippen LogP contribution < -0.4 is 0 Å². The number of halogens is 1. The zero-order valence-corrected chi connectivity index (χ0v) is 9.04. The highest BCUT2D eigenvalue weighted by Crippen LogP contribution is 2.20. The number of fused-ring (bicyclic) bond motifs is 1. The number of oxazole rings is 1. The minimum atomic E-state index is -3.71. The second kappa shape index (κ2) is 3.08. The second-order valence-electron chi connectivity index (χ2n) is 2.61. The van der Waals surface area contributed by atoms with Gasteiger partial charge >= 0.3 is 0 Å². The standard InChI is InChI=1S/C7H4ClNO3S2/c8-14(10,11)4-1-2-6-5(3-4)9-7(13)12-6/h1-3H,(H,9,13). The number of aromatic amines is 1. The Balaban J connectivity index is 2.80. The van der Waals surface area contributed by atoms with E-state index in [9.17, 15) is 8.42 Å². The molecule has 0 radical (unpaired) electrons. The van der Waals surface area contributed by atoms with Crippen molar-refractivity contribution in [3.8, 4) is 0 Å². The molecule has 0 saturated carbocycles. The molecule has 0 aliphatic rings. The number of rotatable bonds is 1. The van der Waals surface area contributed by atoms with Gasteiger partial charge in [-0.1, -0.05) is 0 Å². The van der Waals surface area contributed by atoms with Crippen molar-refractivity contribution in [3.63, 3.8) is 0 Å². The molecule has 0 aliphatic heterocycles. The lowest BCUT2D eigenvalue weighted by Gasteiger charge is -1.93. The third-order valence-corrected chi connectivity index (χ3v) is 3.21. The van der Waals surface area contributed by atoms with Gasteiger partial charge < -0.3 is 9.40 Å². The van der Waals surface area contributed by atoms with E-state index in [1.54, 1.807) is 0 Å². The van der Waals surface area contributed by atoms with Crippen LogP contribution in [0, 0.1) is 4.84 Å². The molecule has 1 N–H and O–H groups in total. The summed E-state index contributed by atoms with van der Waals surface area (Å²) in [7, 11) is 1.46. The maximum absolute atomic E-state index is 11.0. The van der Waals surface area contributed by atoms with Crippen molar-refractivity contribution in [2.24, 2.45) is 0 Å². The van der Waals surface area contributed by atoms with Gasteiger partial charge in [0.25, 0.3) is 13.9 Å². The van der Waals surface area contributed by atoms with Gasteiger partial charge in [-0.3, -0.25) is 0 Å². The van der Waals surface area contributed by atoms with E-state index in [0.717, 1.165) is 0 Å². The van der Waals surface area contributed by atoms with Gasteiger partial charge in [-0.2, -0.15) is 0 Å². The maximum atomic E-state index is 11.0. The summed E-state index contributed by atoms with van der Waals surface area (Å²) < 4.78 is 27.0. The average Bonchev–Trinajstić information content (AvgIpc) is 2.41. The zero-order chi connectivity index (χ0) is 10.3. The van der Waals surface area contributed by atoms with Crippen LogP contribution in [0.3, 0.4) is 0 Å². The predicted octanol–water partition coefficient (Wildman–Crippen LogP) is 2.42. The van der Waals surface area contributed by atoms with Crippen molar-refractivity contribution in [3.05, 3.63) is 23.0 Å². The van der Waals surface area contributed by atoms with E-state index in [4.69, 9.17) is 27.3 Å². The van der Waals surface area contributed by atoms with Crippen molar-refractivity contribution in [1.82, 2.24) is 4.98 Å². The number of H-pyrrole nitrogens is 1. The molecule has 2 rings (SSSR count). The normalized spacial score (nSPS) is 12.1. The largest absolute Gasteiger partial charge is 0.429 e. The molecule has 74 valence electrons. The van der Waals surface area contributed by atoms with Gasteiger partial charge in [0.15, 0.2) is 5.58 Å². The Morgan fingerprint density at radius 2 is 2.14 bits per heavy atom. The van der Waals surface area contributed by atoms with E-state index in [2.05, 4.69) is 4.98 Å². The molecule has 2 aromatic rings. The molecule has 1 aromatic carbocycles. The molecule has 0 bridgehead atoms. The lowest BCUT2D eigenvalue weighted by molar-refractivity contribution is 0.583. The first kappa shape index (κ1) is 9.70. The Morgan fingerprint density at radius 1 is 1.43 bits per heavy atom. The van der Waals surface area contributed by atoms with Crippen LogP contribution in [0.15, 0.2) is 27.5 Å². The topological polar surface area (TPSA) is 63.1 Å². The number of benzene rings is 1. The Kier molecular flexibility index (Phi) is 2.13. The van der Waals surface area contributed by atoms with Crippen molar-refractivity contribution >= 4 is 43.1 Å². The summed E-state index contributed by atoms with van der Waals surface area (Å²) in [6.45, 7) is 0. The quantitative estimate of drug-likeness (QED) is 0.623. The zero-order valence-electron chi connectivity index (χ0n) is 6.65. The third kappa shape index (κ3) is 1.68. The van der Waals surface area contributed by atoms with E-state index >= 15 is 0 Å². The summed E-state index contributed by atoms with van der Waals surface area (Å²) in [6.07, 6.45) is 0. The summed E-state index contributed by atoms with van der Waals surface area (Å²) >= 11 is 4.75. The van der Waals surface area contributed by atoms with Gasteiger partial charge in [-0.15, -0.1) is 0 Å². The first-order valence-corrected chi connectivity index (χ1v) is 6.26. The maximum Gasteiger partial charge on any atom is 0.266 e. The number of nitrogens with one attached hydrogen (secondary N) is 1. The SMILES string of the molecule is O=S(=O)(Cl)c1ccc2oc(=S)[nH]c2c1. The Labute approximate surface area is 88.9 Å². The van der Waals surface area contributed by atoms with Crippen LogP contribution >= 0.6 is 22.9 Å². The van der Waals surface area contributed by atoms with Crippen LogP contribution in [-0.2, 0) is 9.05 Å². The average molecular weight is 250 g/mol. The Bertz CT molecular complexity index is 640. The number of hydrogen-bond donors (Lipinski definition) is 1.